The van der Waals surface area contributed by atoms with Gasteiger partial charge in [-0.2, -0.15) is 0 Å². The minimum atomic E-state index is 0.0943. The third-order valence-electron chi connectivity index (χ3n) is 3.39. The van der Waals surface area contributed by atoms with Gasteiger partial charge in [-0.1, -0.05) is 17.7 Å². The van der Waals surface area contributed by atoms with Gasteiger partial charge >= 0.3 is 0 Å². The number of nitrogens with zero attached hydrogens (tertiary/aromatic N) is 2. The van der Waals surface area contributed by atoms with E-state index >= 15 is 0 Å². The van der Waals surface area contributed by atoms with E-state index in [0.29, 0.717) is 16.3 Å². The first-order valence-corrected chi connectivity index (χ1v) is 6.74. The molecular weight excluding hydrogens is 264 g/mol. The van der Waals surface area contributed by atoms with Gasteiger partial charge in [0.15, 0.2) is 6.29 Å². The molecule has 0 unspecified atom stereocenters. The lowest BCUT2D eigenvalue weighted by Crippen LogP contribution is -2.37. The second kappa shape index (κ2) is 6.06. The van der Waals surface area contributed by atoms with E-state index in [-0.39, 0.29) is 12.5 Å². The molecule has 1 heterocycles. The van der Waals surface area contributed by atoms with E-state index in [1.54, 1.807) is 30.1 Å². The molecule has 0 spiro atoms. The number of benzene rings is 1. The molecule has 0 bridgehead atoms. The number of anilines is 1. The Balaban J connectivity index is 2.11. The molecule has 1 aliphatic rings. The number of hydrogen-bond donors (Lipinski definition) is 0. The zero-order valence-electron chi connectivity index (χ0n) is 10.9. The average molecular weight is 281 g/mol. The Labute approximate surface area is 117 Å². The van der Waals surface area contributed by atoms with Gasteiger partial charge in [-0.3, -0.25) is 9.59 Å². The molecule has 0 N–H and O–H groups in total. The summed E-state index contributed by atoms with van der Waals surface area (Å²) in [5.74, 6) is 0.0943. The SMILES string of the molecule is CN(CC(=O)N1CCCC1)c1cccc(Cl)c1C=O. The topological polar surface area (TPSA) is 40.6 Å². The normalized spacial score (nSPS) is 14.5. The van der Waals surface area contributed by atoms with Crippen LogP contribution < -0.4 is 4.90 Å². The Hall–Kier alpha value is -1.55. The van der Waals surface area contributed by atoms with Crippen LogP contribution in [0, 0.1) is 0 Å². The summed E-state index contributed by atoms with van der Waals surface area (Å²) in [7, 11) is 1.80. The zero-order chi connectivity index (χ0) is 13.8. The van der Waals surface area contributed by atoms with E-state index in [1.165, 1.54) is 0 Å². The highest BCUT2D eigenvalue weighted by molar-refractivity contribution is 6.33. The van der Waals surface area contributed by atoms with Crippen molar-refractivity contribution in [2.24, 2.45) is 0 Å². The molecule has 1 aliphatic heterocycles. The highest BCUT2D eigenvalue weighted by atomic mass is 35.5. The quantitative estimate of drug-likeness (QED) is 0.794. The summed E-state index contributed by atoms with van der Waals surface area (Å²) in [5.41, 5.74) is 1.12. The third-order valence-corrected chi connectivity index (χ3v) is 3.72. The molecule has 1 amide bonds. The summed E-state index contributed by atoms with van der Waals surface area (Å²) in [4.78, 5) is 26.8. The number of hydrogen-bond acceptors (Lipinski definition) is 3. The van der Waals surface area contributed by atoms with Crippen LogP contribution in [-0.4, -0.2) is 43.8 Å². The maximum atomic E-state index is 12.1. The van der Waals surface area contributed by atoms with Gasteiger partial charge in [-0.15, -0.1) is 0 Å². The number of halogens is 1. The fraction of sp³-hybridized carbons (Fsp3) is 0.429. The van der Waals surface area contributed by atoms with Gasteiger partial charge in [0.05, 0.1) is 17.1 Å². The average Bonchev–Trinajstić information content (AvgIpc) is 2.92. The number of amides is 1. The number of carbonyl (C=O) groups is 2. The Bertz CT molecular complexity index is 484. The molecule has 0 aliphatic carbocycles. The highest BCUT2D eigenvalue weighted by Gasteiger charge is 2.20. The molecule has 4 nitrogen and oxygen atoms in total. The van der Waals surface area contributed by atoms with Crippen molar-refractivity contribution >= 4 is 29.5 Å². The molecular formula is C14H17ClN2O2. The largest absolute Gasteiger partial charge is 0.365 e. The Morgan fingerprint density at radius 2 is 2.11 bits per heavy atom. The van der Waals surface area contributed by atoms with E-state index in [4.69, 9.17) is 11.6 Å². The lowest BCUT2D eigenvalue weighted by atomic mass is 10.2. The number of aldehydes is 1. The summed E-state index contributed by atoms with van der Waals surface area (Å²) in [6, 6.07) is 5.25. The molecule has 102 valence electrons. The summed E-state index contributed by atoms with van der Waals surface area (Å²) in [6.45, 7) is 1.94. The molecule has 0 aromatic heterocycles. The highest BCUT2D eigenvalue weighted by Crippen LogP contribution is 2.25. The number of likely N-dealkylation sites (tertiary alicyclic amines) is 1. The van der Waals surface area contributed by atoms with Crippen molar-refractivity contribution in [2.45, 2.75) is 12.8 Å². The van der Waals surface area contributed by atoms with Crippen molar-refractivity contribution < 1.29 is 9.59 Å². The summed E-state index contributed by atoms with van der Waals surface area (Å²) < 4.78 is 0. The minimum Gasteiger partial charge on any atom is -0.365 e. The molecule has 1 fully saturated rings. The van der Waals surface area contributed by atoms with Crippen LogP contribution in [0.1, 0.15) is 23.2 Å². The van der Waals surface area contributed by atoms with Crippen molar-refractivity contribution in [3.63, 3.8) is 0 Å². The summed E-state index contributed by atoms with van der Waals surface area (Å²) >= 11 is 5.98. The van der Waals surface area contributed by atoms with Crippen molar-refractivity contribution in [3.8, 4) is 0 Å². The predicted molar refractivity (Wildman–Crippen MR) is 75.9 cm³/mol. The van der Waals surface area contributed by atoms with E-state index < -0.39 is 0 Å². The van der Waals surface area contributed by atoms with Crippen molar-refractivity contribution in [1.29, 1.82) is 0 Å². The molecule has 1 aromatic carbocycles. The maximum Gasteiger partial charge on any atom is 0.242 e. The molecule has 0 atom stereocenters. The van der Waals surface area contributed by atoms with Crippen LogP contribution >= 0.6 is 11.6 Å². The van der Waals surface area contributed by atoms with Gasteiger partial charge in [0.1, 0.15) is 0 Å². The predicted octanol–water partition coefficient (Wildman–Crippen LogP) is 2.21. The monoisotopic (exact) mass is 280 g/mol. The lowest BCUT2D eigenvalue weighted by Gasteiger charge is -2.24. The fourth-order valence-corrected chi connectivity index (χ4v) is 2.54. The second-order valence-electron chi connectivity index (χ2n) is 4.73. The van der Waals surface area contributed by atoms with Crippen LogP contribution in [0.2, 0.25) is 5.02 Å². The standard InChI is InChI=1S/C14H17ClN2O2/c1-16(9-14(19)17-7-2-3-8-17)13-6-4-5-12(15)11(13)10-18/h4-6,10H,2-3,7-9H2,1H3. The smallest absolute Gasteiger partial charge is 0.242 e. The van der Waals surface area contributed by atoms with Crippen LogP contribution in [0.15, 0.2) is 18.2 Å². The Morgan fingerprint density at radius 1 is 1.42 bits per heavy atom. The molecule has 19 heavy (non-hydrogen) atoms. The number of rotatable bonds is 4. The molecule has 2 rings (SSSR count). The molecule has 1 saturated heterocycles. The molecule has 1 aromatic rings. The molecule has 0 saturated carbocycles. The van der Waals surface area contributed by atoms with Crippen molar-refractivity contribution in [2.75, 3.05) is 31.6 Å². The van der Waals surface area contributed by atoms with E-state index in [1.807, 2.05) is 4.90 Å². The Kier molecular flexibility index (Phi) is 4.43. The van der Waals surface area contributed by atoms with Gasteiger partial charge in [0, 0.05) is 25.8 Å². The fourth-order valence-electron chi connectivity index (χ4n) is 2.33. The van der Waals surface area contributed by atoms with Crippen LogP contribution in [0.3, 0.4) is 0 Å². The van der Waals surface area contributed by atoms with Gasteiger partial charge < -0.3 is 9.80 Å². The van der Waals surface area contributed by atoms with Gasteiger partial charge in [0.2, 0.25) is 5.91 Å². The summed E-state index contributed by atoms with van der Waals surface area (Å²) in [6.07, 6.45) is 2.88. The Morgan fingerprint density at radius 3 is 2.74 bits per heavy atom. The maximum absolute atomic E-state index is 12.1. The van der Waals surface area contributed by atoms with Crippen molar-refractivity contribution in [3.05, 3.63) is 28.8 Å². The van der Waals surface area contributed by atoms with E-state index in [2.05, 4.69) is 0 Å². The van der Waals surface area contributed by atoms with Gasteiger partial charge in [-0.05, 0) is 25.0 Å². The minimum absolute atomic E-state index is 0.0943. The van der Waals surface area contributed by atoms with Crippen LogP contribution in [0.25, 0.3) is 0 Å². The first kappa shape index (κ1) is 13.9. The first-order chi connectivity index (χ1) is 9.13. The van der Waals surface area contributed by atoms with E-state index in [9.17, 15) is 9.59 Å². The first-order valence-electron chi connectivity index (χ1n) is 6.36. The van der Waals surface area contributed by atoms with E-state index in [0.717, 1.165) is 32.2 Å². The molecule has 5 heteroatoms. The lowest BCUT2D eigenvalue weighted by molar-refractivity contribution is -0.128. The summed E-state index contributed by atoms with van der Waals surface area (Å²) in [5, 5.41) is 0.410. The van der Waals surface area contributed by atoms with Crippen LogP contribution in [0.5, 0.6) is 0 Å². The molecule has 0 radical (unpaired) electrons. The third kappa shape index (κ3) is 3.07. The van der Waals surface area contributed by atoms with Crippen LogP contribution in [0.4, 0.5) is 5.69 Å². The van der Waals surface area contributed by atoms with Gasteiger partial charge in [0.25, 0.3) is 0 Å². The number of likely N-dealkylation sites (N-methyl/N-ethyl adjacent to an activating group) is 1. The van der Waals surface area contributed by atoms with Crippen molar-refractivity contribution in [1.82, 2.24) is 4.90 Å². The number of carbonyl (C=O) groups excluding carboxylic acids is 2. The zero-order valence-corrected chi connectivity index (χ0v) is 11.7. The second-order valence-corrected chi connectivity index (χ2v) is 5.14. The van der Waals surface area contributed by atoms with Crippen LogP contribution in [-0.2, 0) is 4.79 Å². The van der Waals surface area contributed by atoms with Gasteiger partial charge in [-0.25, -0.2) is 0 Å².